The molecule has 3 heteroatoms. The van der Waals surface area contributed by atoms with Gasteiger partial charge in [0.25, 0.3) is 0 Å². The van der Waals surface area contributed by atoms with Crippen molar-refractivity contribution in [2.45, 2.75) is 40.2 Å². The maximum atomic E-state index is 6.23. The minimum atomic E-state index is 0.784. The molecule has 96 valence electrons. The van der Waals surface area contributed by atoms with E-state index in [4.69, 9.17) is 10.7 Å². The molecule has 0 atom stereocenters. The minimum Gasteiger partial charge on any atom is -0.383 e. The third-order valence-electron chi connectivity index (χ3n) is 3.17. The van der Waals surface area contributed by atoms with E-state index in [-0.39, 0.29) is 0 Å². The van der Waals surface area contributed by atoms with Crippen molar-refractivity contribution in [2.75, 3.05) is 5.73 Å². The number of nitrogens with two attached hydrogens (primary N) is 1. The fourth-order valence-corrected chi connectivity index (χ4v) is 2.29. The first-order valence-electron chi connectivity index (χ1n) is 6.59. The van der Waals surface area contributed by atoms with E-state index in [9.17, 15) is 0 Å². The summed E-state index contributed by atoms with van der Waals surface area (Å²) in [5.74, 6) is 1.88. The van der Waals surface area contributed by atoms with E-state index >= 15 is 0 Å². The number of anilines is 1. The number of benzene rings is 1. The highest BCUT2D eigenvalue weighted by Crippen LogP contribution is 2.27. The van der Waals surface area contributed by atoms with Crippen LogP contribution in [0.5, 0.6) is 0 Å². The van der Waals surface area contributed by atoms with Crippen molar-refractivity contribution in [1.29, 1.82) is 0 Å². The molecule has 0 spiro atoms. The topological polar surface area (TPSA) is 43.8 Å². The van der Waals surface area contributed by atoms with E-state index in [0.29, 0.717) is 0 Å². The highest BCUT2D eigenvalue weighted by molar-refractivity contribution is 5.71. The molecule has 2 N–H and O–H groups in total. The third-order valence-corrected chi connectivity index (χ3v) is 3.17. The predicted molar refractivity (Wildman–Crippen MR) is 76.5 cm³/mol. The van der Waals surface area contributed by atoms with Gasteiger partial charge in [0, 0.05) is 18.5 Å². The molecule has 2 rings (SSSR count). The number of imidazole rings is 1. The number of rotatable bonds is 4. The molecule has 1 aromatic heterocycles. The molecule has 0 unspecified atom stereocenters. The van der Waals surface area contributed by atoms with Crippen molar-refractivity contribution < 1.29 is 0 Å². The highest BCUT2D eigenvalue weighted by atomic mass is 15.1. The van der Waals surface area contributed by atoms with Crippen LogP contribution in [0, 0.1) is 6.92 Å². The molecule has 0 aliphatic rings. The minimum absolute atomic E-state index is 0.784. The highest BCUT2D eigenvalue weighted by Gasteiger charge is 2.14. The summed E-state index contributed by atoms with van der Waals surface area (Å²) < 4.78 is 2.11. The standard InChI is InChI=1S/C15H21N3/c1-4-7-13-17-14(15(16)18(13)5-2)12-9-6-8-11(3)10-12/h6,8-10H,4-5,7,16H2,1-3H3. The second-order valence-corrected chi connectivity index (χ2v) is 4.63. The Morgan fingerprint density at radius 3 is 2.67 bits per heavy atom. The van der Waals surface area contributed by atoms with E-state index in [1.807, 2.05) is 0 Å². The van der Waals surface area contributed by atoms with Crippen LogP contribution < -0.4 is 5.73 Å². The molecular weight excluding hydrogens is 222 g/mol. The molecule has 18 heavy (non-hydrogen) atoms. The average molecular weight is 243 g/mol. The Morgan fingerprint density at radius 1 is 1.28 bits per heavy atom. The van der Waals surface area contributed by atoms with Crippen molar-refractivity contribution in [2.24, 2.45) is 0 Å². The van der Waals surface area contributed by atoms with Gasteiger partial charge in [-0.3, -0.25) is 0 Å². The summed E-state index contributed by atoms with van der Waals surface area (Å²) in [6, 6.07) is 8.34. The van der Waals surface area contributed by atoms with Gasteiger partial charge in [-0.2, -0.15) is 0 Å². The van der Waals surface area contributed by atoms with Gasteiger partial charge in [-0.1, -0.05) is 30.7 Å². The van der Waals surface area contributed by atoms with Gasteiger partial charge < -0.3 is 10.3 Å². The van der Waals surface area contributed by atoms with Gasteiger partial charge in [-0.05, 0) is 26.3 Å². The zero-order valence-corrected chi connectivity index (χ0v) is 11.4. The van der Waals surface area contributed by atoms with Crippen molar-refractivity contribution >= 4 is 5.82 Å². The molecule has 2 aromatic rings. The number of nitrogen functional groups attached to an aromatic ring is 1. The zero-order chi connectivity index (χ0) is 13.1. The number of aryl methyl sites for hydroxylation is 2. The molecule has 0 aliphatic carbocycles. The molecule has 1 aromatic carbocycles. The molecule has 1 heterocycles. The summed E-state index contributed by atoms with van der Waals surface area (Å²) in [4.78, 5) is 4.72. The fourth-order valence-electron chi connectivity index (χ4n) is 2.29. The van der Waals surface area contributed by atoms with Gasteiger partial charge in [0.1, 0.15) is 17.3 Å². The summed E-state index contributed by atoms with van der Waals surface area (Å²) in [5.41, 5.74) is 9.49. The van der Waals surface area contributed by atoms with Crippen LogP contribution in [0.1, 0.15) is 31.7 Å². The van der Waals surface area contributed by atoms with E-state index in [1.165, 1.54) is 5.56 Å². The molecule has 3 nitrogen and oxygen atoms in total. The smallest absolute Gasteiger partial charge is 0.131 e. The van der Waals surface area contributed by atoms with Crippen molar-refractivity contribution in [3.8, 4) is 11.3 Å². The van der Waals surface area contributed by atoms with Gasteiger partial charge in [-0.15, -0.1) is 0 Å². The lowest BCUT2D eigenvalue weighted by molar-refractivity contribution is 0.690. The first-order valence-corrected chi connectivity index (χ1v) is 6.59. The maximum absolute atomic E-state index is 6.23. The van der Waals surface area contributed by atoms with E-state index < -0.39 is 0 Å². The Kier molecular flexibility index (Phi) is 3.70. The Hall–Kier alpha value is -1.77. The number of hydrogen-bond donors (Lipinski definition) is 1. The SMILES string of the molecule is CCCc1nc(-c2cccc(C)c2)c(N)n1CC. The summed E-state index contributed by atoms with van der Waals surface area (Å²) in [5, 5.41) is 0. The second kappa shape index (κ2) is 5.25. The first kappa shape index (κ1) is 12.7. The Morgan fingerprint density at radius 2 is 2.06 bits per heavy atom. The molecule has 0 fully saturated rings. The molecule has 0 saturated carbocycles. The largest absolute Gasteiger partial charge is 0.383 e. The average Bonchev–Trinajstić information content (AvgIpc) is 2.66. The fraction of sp³-hybridized carbons (Fsp3) is 0.400. The normalized spacial score (nSPS) is 10.8. The summed E-state index contributed by atoms with van der Waals surface area (Å²) in [6.07, 6.45) is 2.06. The number of hydrogen-bond acceptors (Lipinski definition) is 2. The van der Waals surface area contributed by atoms with Crippen LogP contribution in [0.15, 0.2) is 24.3 Å². The molecule has 0 aliphatic heterocycles. The lowest BCUT2D eigenvalue weighted by Gasteiger charge is -2.05. The van der Waals surface area contributed by atoms with Crippen LogP contribution in [-0.2, 0) is 13.0 Å². The maximum Gasteiger partial charge on any atom is 0.131 e. The van der Waals surface area contributed by atoms with E-state index in [2.05, 4.69) is 49.6 Å². The van der Waals surface area contributed by atoms with Gasteiger partial charge in [-0.25, -0.2) is 4.98 Å². The monoisotopic (exact) mass is 243 g/mol. The van der Waals surface area contributed by atoms with E-state index in [0.717, 1.165) is 42.3 Å². The Labute approximate surface area is 109 Å². The quantitative estimate of drug-likeness (QED) is 0.894. The van der Waals surface area contributed by atoms with Gasteiger partial charge in [0.05, 0.1) is 0 Å². The van der Waals surface area contributed by atoms with E-state index in [1.54, 1.807) is 0 Å². The Bertz CT molecular complexity index is 541. The van der Waals surface area contributed by atoms with Crippen LogP contribution in [0.4, 0.5) is 5.82 Å². The lowest BCUT2D eigenvalue weighted by atomic mass is 10.1. The summed E-state index contributed by atoms with van der Waals surface area (Å²) in [7, 11) is 0. The Balaban J connectivity index is 2.51. The van der Waals surface area contributed by atoms with Crippen LogP contribution in [0.2, 0.25) is 0 Å². The molecule has 0 radical (unpaired) electrons. The van der Waals surface area contributed by atoms with Crippen LogP contribution >= 0.6 is 0 Å². The van der Waals surface area contributed by atoms with Gasteiger partial charge in [0.2, 0.25) is 0 Å². The lowest BCUT2D eigenvalue weighted by Crippen LogP contribution is -2.05. The predicted octanol–water partition coefficient (Wildman–Crippen LogP) is 3.41. The molecular formula is C15H21N3. The molecule has 0 amide bonds. The molecule has 0 saturated heterocycles. The number of nitrogens with zero attached hydrogens (tertiary/aromatic N) is 2. The van der Waals surface area contributed by atoms with Crippen molar-refractivity contribution in [1.82, 2.24) is 9.55 Å². The van der Waals surface area contributed by atoms with Crippen molar-refractivity contribution in [3.63, 3.8) is 0 Å². The third kappa shape index (κ3) is 2.26. The zero-order valence-electron chi connectivity index (χ0n) is 11.4. The van der Waals surface area contributed by atoms with Gasteiger partial charge >= 0.3 is 0 Å². The van der Waals surface area contributed by atoms with Crippen LogP contribution in [0.25, 0.3) is 11.3 Å². The van der Waals surface area contributed by atoms with Gasteiger partial charge in [0.15, 0.2) is 0 Å². The molecule has 0 bridgehead atoms. The van der Waals surface area contributed by atoms with Crippen LogP contribution in [-0.4, -0.2) is 9.55 Å². The van der Waals surface area contributed by atoms with Crippen LogP contribution in [0.3, 0.4) is 0 Å². The second-order valence-electron chi connectivity index (χ2n) is 4.63. The summed E-state index contributed by atoms with van der Waals surface area (Å²) in [6.45, 7) is 7.23. The van der Waals surface area contributed by atoms with Crippen molar-refractivity contribution in [3.05, 3.63) is 35.7 Å². The number of aromatic nitrogens is 2. The summed E-state index contributed by atoms with van der Waals surface area (Å²) >= 11 is 0. The first-order chi connectivity index (χ1) is 8.67.